The molecule has 1 aliphatic rings. The molecule has 0 radical (unpaired) electrons. The van der Waals surface area contributed by atoms with E-state index < -0.39 is 41.2 Å². The largest absolute Gasteiger partial charge is 0.497 e. The smallest absolute Gasteiger partial charge is 0.409 e. The van der Waals surface area contributed by atoms with Crippen molar-refractivity contribution in [2.75, 3.05) is 18.6 Å². The van der Waals surface area contributed by atoms with Crippen LogP contribution in [0.3, 0.4) is 0 Å². The third kappa shape index (κ3) is 3.47. The predicted octanol–water partition coefficient (Wildman–Crippen LogP) is 4.12. The summed E-state index contributed by atoms with van der Waals surface area (Å²) in [6, 6.07) is 4.36. The number of methoxy groups -OCH3 is 1. The second-order valence-corrected chi connectivity index (χ2v) is 6.54. The van der Waals surface area contributed by atoms with Crippen LogP contribution in [0.2, 0.25) is 5.15 Å². The highest BCUT2D eigenvalue weighted by Gasteiger charge is 2.46. The number of benzene rings is 1. The zero-order valence-corrected chi connectivity index (χ0v) is 15.2. The minimum Gasteiger partial charge on any atom is -0.497 e. The van der Waals surface area contributed by atoms with Crippen molar-refractivity contribution < 1.29 is 22.3 Å². The minimum atomic E-state index is -4.71. The SMILES string of the molecule is COc1ccc(C(C)N2CC[C@H](C(F)(F)F)n3c2nc(Cl)c(F)c3=O)cc1. The van der Waals surface area contributed by atoms with Crippen LogP contribution < -0.4 is 15.2 Å². The number of ether oxygens (including phenoxy) is 1. The maximum atomic E-state index is 13.9. The quantitative estimate of drug-likeness (QED) is 0.569. The lowest BCUT2D eigenvalue weighted by atomic mass is 10.0. The maximum absolute atomic E-state index is 13.9. The van der Waals surface area contributed by atoms with Crippen molar-refractivity contribution >= 4 is 17.5 Å². The highest BCUT2D eigenvalue weighted by molar-refractivity contribution is 6.29. The van der Waals surface area contributed by atoms with Crippen LogP contribution in [0.5, 0.6) is 5.75 Å². The van der Waals surface area contributed by atoms with E-state index in [2.05, 4.69) is 4.98 Å². The van der Waals surface area contributed by atoms with Gasteiger partial charge < -0.3 is 9.64 Å². The minimum absolute atomic E-state index is 0.0220. The van der Waals surface area contributed by atoms with Crippen molar-refractivity contribution in [3.8, 4) is 5.75 Å². The first kappa shape index (κ1) is 19.5. The molecule has 3 rings (SSSR count). The Kier molecular flexibility index (Phi) is 5.07. The number of alkyl halides is 3. The number of hydrogen-bond acceptors (Lipinski definition) is 4. The number of rotatable bonds is 3. The molecule has 2 heterocycles. The summed E-state index contributed by atoms with van der Waals surface area (Å²) in [6.45, 7) is 1.73. The van der Waals surface area contributed by atoms with Crippen LogP contribution >= 0.6 is 11.6 Å². The number of nitrogens with zero attached hydrogens (tertiary/aromatic N) is 3. The third-order valence-electron chi connectivity index (χ3n) is 4.66. The molecule has 27 heavy (non-hydrogen) atoms. The zero-order chi connectivity index (χ0) is 19.9. The summed E-state index contributed by atoms with van der Waals surface area (Å²) in [6.07, 6.45) is -5.12. The normalized spacial score (nSPS) is 18.2. The monoisotopic (exact) mass is 405 g/mol. The van der Waals surface area contributed by atoms with E-state index in [1.807, 2.05) is 0 Å². The molecule has 146 valence electrons. The van der Waals surface area contributed by atoms with E-state index in [1.54, 1.807) is 31.2 Å². The number of anilines is 1. The molecule has 0 N–H and O–H groups in total. The van der Waals surface area contributed by atoms with Crippen LogP contribution in [0.1, 0.15) is 31.0 Å². The molecule has 1 aromatic heterocycles. The van der Waals surface area contributed by atoms with Gasteiger partial charge in [0.15, 0.2) is 5.15 Å². The Labute approximate surface area is 157 Å². The van der Waals surface area contributed by atoms with E-state index in [9.17, 15) is 22.4 Å². The molecule has 2 atom stereocenters. The van der Waals surface area contributed by atoms with Crippen molar-refractivity contribution in [1.29, 1.82) is 0 Å². The summed E-state index contributed by atoms with van der Waals surface area (Å²) >= 11 is 5.64. The summed E-state index contributed by atoms with van der Waals surface area (Å²) in [5.41, 5.74) is -0.665. The number of aromatic nitrogens is 2. The van der Waals surface area contributed by atoms with Gasteiger partial charge in [-0.25, -0.2) is 0 Å². The molecule has 1 unspecified atom stereocenters. The van der Waals surface area contributed by atoms with Gasteiger partial charge in [0.2, 0.25) is 11.8 Å². The highest BCUT2D eigenvalue weighted by Crippen LogP contribution is 2.40. The Morgan fingerprint density at radius 1 is 1.30 bits per heavy atom. The molecule has 1 aliphatic heterocycles. The van der Waals surface area contributed by atoms with E-state index in [-0.39, 0.29) is 12.5 Å². The Morgan fingerprint density at radius 3 is 2.48 bits per heavy atom. The van der Waals surface area contributed by atoms with Crippen LogP contribution in [-0.4, -0.2) is 29.4 Å². The predicted molar refractivity (Wildman–Crippen MR) is 91.9 cm³/mol. The van der Waals surface area contributed by atoms with Gasteiger partial charge in [-0.1, -0.05) is 23.7 Å². The third-order valence-corrected chi connectivity index (χ3v) is 4.91. The molecular formula is C17H16ClF4N3O2. The van der Waals surface area contributed by atoms with Gasteiger partial charge >= 0.3 is 6.18 Å². The van der Waals surface area contributed by atoms with Gasteiger partial charge in [-0.2, -0.15) is 22.5 Å². The molecule has 0 saturated heterocycles. The molecule has 0 spiro atoms. The van der Waals surface area contributed by atoms with E-state index >= 15 is 0 Å². The molecule has 2 aromatic rings. The Bertz CT molecular complexity index is 899. The molecule has 1 aromatic carbocycles. The summed E-state index contributed by atoms with van der Waals surface area (Å²) in [5.74, 6) is -1.17. The fourth-order valence-electron chi connectivity index (χ4n) is 3.19. The van der Waals surface area contributed by atoms with Crippen molar-refractivity contribution in [3.05, 3.63) is 51.2 Å². The lowest BCUT2D eigenvalue weighted by molar-refractivity contribution is -0.171. The van der Waals surface area contributed by atoms with E-state index in [0.29, 0.717) is 10.3 Å². The van der Waals surface area contributed by atoms with Gasteiger partial charge in [0.1, 0.15) is 11.8 Å². The van der Waals surface area contributed by atoms with Gasteiger partial charge in [-0.15, -0.1) is 0 Å². The van der Waals surface area contributed by atoms with Gasteiger partial charge in [0.25, 0.3) is 5.56 Å². The Balaban J connectivity index is 2.10. The van der Waals surface area contributed by atoms with Gasteiger partial charge in [0, 0.05) is 6.54 Å². The van der Waals surface area contributed by atoms with Crippen LogP contribution in [0.15, 0.2) is 29.1 Å². The molecule has 0 bridgehead atoms. The van der Waals surface area contributed by atoms with Crippen molar-refractivity contribution in [1.82, 2.24) is 9.55 Å². The Morgan fingerprint density at radius 2 is 1.93 bits per heavy atom. The Hall–Kier alpha value is -2.29. The standard InChI is InChI=1S/C17H16ClF4N3O2/c1-9(10-3-5-11(27-2)6-4-10)24-8-7-12(17(20,21)22)25-15(26)13(19)14(18)23-16(24)25/h3-6,9,12H,7-8H2,1-2H3/t9?,12-/m1/s1. The average Bonchev–Trinajstić information content (AvgIpc) is 2.64. The number of fused-ring (bicyclic) bond motifs is 1. The highest BCUT2D eigenvalue weighted by atomic mass is 35.5. The number of hydrogen-bond donors (Lipinski definition) is 0. The molecule has 0 fully saturated rings. The van der Waals surface area contributed by atoms with E-state index in [1.165, 1.54) is 12.0 Å². The second kappa shape index (κ2) is 7.03. The zero-order valence-electron chi connectivity index (χ0n) is 14.4. The molecule has 0 amide bonds. The van der Waals surface area contributed by atoms with E-state index in [4.69, 9.17) is 16.3 Å². The first-order valence-corrected chi connectivity index (χ1v) is 8.47. The van der Waals surface area contributed by atoms with Gasteiger partial charge in [-0.3, -0.25) is 9.36 Å². The average molecular weight is 406 g/mol. The fraction of sp³-hybridized carbons (Fsp3) is 0.412. The summed E-state index contributed by atoms with van der Waals surface area (Å²) in [5, 5.41) is -0.749. The van der Waals surface area contributed by atoms with Gasteiger partial charge in [0.05, 0.1) is 13.2 Å². The molecule has 10 heteroatoms. The van der Waals surface area contributed by atoms with Gasteiger partial charge in [-0.05, 0) is 31.0 Å². The molecule has 0 aliphatic carbocycles. The van der Waals surface area contributed by atoms with E-state index in [0.717, 1.165) is 5.56 Å². The van der Waals surface area contributed by atoms with Crippen LogP contribution in [0.4, 0.5) is 23.5 Å². The summed E-state index contributed by atoms with van der Waals surface area (Å²) < 4.78 is 59.5. The van der Waals surface area contributed by atoms with Crippen LogP contribution in [-0.2, 0) is 0 Å². The van der Waals surface area contributed by atoms with Crippen LogP contribution in [0, 0.1) is 5.82 Å². The molecule has 0 saturated carbocycles. The van der Waals surface area contributed by atoms with Crippen molar-refractivity contribution in [3.63, 3.8) is 0 Å². The second-order valence-electron chi connectivity index (χ2n) is 6.18. The topological polar surface area (TPSA) is 47.4 Å². The fourth-order valence-corrected chi connectivity index (χ4v) is 3.35. The van der Waals surface area contributed by atoms with Crippen molar-refractivity contribution in [2.45, 2.75) is 31.6 Å². The summed E-state index contributed by atoms with van der Waals surface area (Å²) in [4.78, 5) is 17.5. The number of halogens is 5. The van der Waals surface area contributed by atoms with Crippen molar-refractivity contribution in [2.24, 2.45) is 0 Å². The van der Waals surface area contributed by atoms with Crippen LogP contribution in [0.25, 0.3) is 0 Å². The molecule has 5 nitrogen and oxygen atoms in total. The summed E-state index contributed by atoms with van der Waals surface area (Å²) in [7, 11) is 1.52. The lowest BCUT2D eigenvalue weighted by Gasteiger charge is -2.39. The maximum Gasteiger partial charge on any atom is 0.409 e. The lowest BCUT2D eigenvalue weighted by Crippen LogP contribution is -2.47. The first-order chi connectivity index (χ1) is 12.6. The molecular weight excluding hydrogens is 390 g/mol. The first-order valence-electron chi connectivity index (χ1n) is 8.10.